The molecule has 4 aromatic rings. The first kappa shape index (κ1) is 18.8. The molecule has 28 heavy (non-hydrogen) atoms. The van der Waals surface area contributed by atoms with Crippen LogP contribution in [0.3, 0.4) is 0 Å². The van der Waals surface area contributed by atoms with Gasteiger partial charge in [0.2, 0.25) is 0 Å². The fraction of sp³-hybridized carbons (Fsp3) is 0.100. The number of carbonyl (C=O) groups excluding carboxylic acids is 1. The maximum Gasteiger partial charge on any atom is 0.262 e. The number of amides is 1. The lowest BCUT2D eigenvalue weighted by molar-refractivity contribution is 0.0998. The number of hydrogen-bond donors (Lipinski definition) is 1. The highest BCUT2D eigenvalue weighted by molar-refractivity contribution is 7.17. The van der Waals surface area contributed by atoms with Gasteiger partial charge in [0, 0.05) is 27.9 Å². The van der Waals surface area contributed by atoms with Gasteiger partial charge in [-0.15, -0.1) is 11.3 Å². The Labute approximate surface area is 175 Å². The Morgan fingerprint density at radius 2 is 1.96 bits per heavy atom. The van der Waals surface area contributed by atoms with Crippen molar-refractivity contribution in [3.8, 4) is 16.3 Å². The molecule has 0 aliphatic heterocycles. The Balaban J connectivity index is 1.74. The first-order valence-electron chi connectivity index (χ1n) is 8.42. The number of pyridine rings is 1. The summed E-state index contributed by atoms with van der Waals surface area (Å²) in [7, 11) is 0. The molecule has 5 nitrogen and oxygen atoms in total. The fourth-order valence-electron chi connectivity index (χ4n) is 3.02. The van der Waals surface area contributed by atoms with Crippen molar-refractivity contribution in [3.05, 3.63) is 75.3 Å². The van der Waals surface area contributed by atoms with E-state index in [1.807, 2.05) is 35.7 Å². The Morgan fingerprint density at radius 1 is 1.21 bits per heavy atom. The van der Waals surface area contributed by atoms with Crippen molar-refractivity contribution in [2.24, 2.45) is 5.73 Å². The van der Waals surface area contributed by atoms with Crippen molar-refractivity contribution in [2.75, 3.05) is 0 Å². The molecule has 4 rings (SSSR count). The Morgan fingerprint density at radius 3 is 2.68 bits per heavy atom. The Kier molecular flexibility index (Phi) is 5.02. The average Bonchev–Trinajstić information content (AvgIpc) is 3.25. The molecule has 1 atom stereocenters. The quantitative estimate of drug-likeness (QED) is 0.446. The molecular formula is C20H15Cl2N3O2S. The number of nitrogens with zero attached hydrogens (tertiary/aromatic N) is 2. The molecule has 0 saturated carbocycles. The number of halogens is 2. The number of thiophene rings is 1. The lowest BCUT2D eigenvalue weighted by atomic mass is 10.1. The van der Waals surface area contributed by atoms with E-state index in [-0.39, 0.29) is 0 Å². The third-order valence-corrected chi connectivity index (χ3v) is 6.11. The predicted octanol–water partition coefficient (Wildman–Crippen LogP) is 5.61. The van der Waals surface area contributed by atoms with Crippen LogP contribution in [0.15, 0.2) is 54.9 Å². The van der Waals surface area contributed by atoms with Crippen LogP contribution in [0.25, 0.3) is 16.2 Å². The first-order valence-corrected chi connectivity index (χ1v) is 9.99. The molecule has 0 aliphatic rings. The standard InChI is InChI=1S/C20H15Cl2N3O2S/c1-11(18-12(21)5-4-6-13(18)22)27-15-9-16(28-19(15)20(23)26)14-10-24-17-7-2-3-8-25(14)17/h2-11H,1H3,(H2,23,26). The minimum absolute atomic E-state index is 0.330. The van der Waals surface area contributed by atoms with Gasteiger partial charge in [-0.05, 0) is 31.2 Å². The van der Waals surface area contributed by atoms with Crippen LogP contribution in [0.2, 0.25) is 10.0 Å². The summed E-state index contributed by atoms with van der Waals surface area (Å²) in [5.74, 6) is -0.167. The highest BCUT2D eigenvalue weighted by Gasteiger charge is 2.22. The largest absolute Gasteiger partial charge is 0.484 e. The summed E-state index contributed by atoms with van der Waals surface area (Å²) in [6.45, 7) is 1.82. The number of fused-ring (bicyclic) bond motifs is 1. The summed E-state index contributed by atoms with van der Waals surface area (Å²) in [6.07, 6.45) is 3.20. The van der Waals surface area contributed by atoms with E-state index in [4.69, 9.17) is 33.7 Å². The molecule has 8 heteroatoms. The van der Waals surface area contributed by atoms with Crippen molar-refractivity contribution >= 4 is 46.1 Å². The van der Waals surface area contributed by atoms with Crippen LogP contribution in [0.5, 0.6) is 5.75 Å². The molecule has 0 spiro atoms. The smallest absolute Gasteiger partial charge is 0.262 e. The van der Waals surface area contributed by atoms with Crippen LogP contribution in [0.1, 0.15) is 28.3 Å². The van der Waals surface area contributed by atoms with E-state index in [2.05, 4.69) is 4.98 Å². The minimum Gasteiger partial charge on any atom is -0.484 e. The molecule has 2 N–H and O–H groups in total. The van der Waals surface area contributed by atoms with Crippen molar-refractivity contribution in [3.63, 3.8) is 0 Å². The summed E-state index contributed by atoms with van der Waals surface area (Å²) in [5, 5.41) is 0.996. The molecule has 142 valence electrons. The molecule has 3 aromatic heterocycles. The topological polar surface area (TPSA) is 69.6 Å². The van der Waals surface area contributed by atoms with Gasteiger partial charge in [-0.1, -0.05) is 35.3 Å². The molecule has 1 unspecified atom stereocenters. The summed E-state index contributed by atoms with van der Waals surface area (Å²) in [6, 6.07) is 12.8. The molecule has 0 bridgehead atoms. The SMILES string of the molecule is CC(Oc1cc(-c2cnc3ccccn23)sc1C(N)=O)c1c(Cl)cccc1Cl. The lowest BCUT2D eigenvalue weighted by Gasteiger charge is -2.17. The molecule has 1 amide bonds. The molecule has 0 saturated heterocycles. The zero-order valence-corrected chi connectivity index (χ0v) is 17.1. The van der Waals surface area contributed by atoms with Gasteiger partial charge in [-0.3, -0.25) is 9.20 Å². The number of nitrogens with two attached hydrogens (primary N) is 1. The number of primary amides is 1. The Bertz CT molecular complexity index is 1170. The average molecular weight is 432 g/mol. The van der Waals surface area contributed by atoms with Gasteiger partial charge in [0.15, 0.2) is 0 Å². The van der Waals surface area contributed by atoms with Gasteiger partial charge < -0.3 is 10.5 Å². The van der Waals surface area contributed by atoms with E-state index in [1.165, 1.54) is 11.3 Å². The van der Waals surface area contributed by atoms with Crippen LogP contribution < -0.4 is 10.5 Å². The van der Waals surface area contributed by atoms with Crippen LogP contribution in [-0.2, 0) is 0 Å². The zero-order valence-electron chi connectivity index (χ0n) is 14.7. The van der Waals surface area contributed by atoms with Gasteiger partial charge in [-0.25, -0.2) is 4.98 Å². The molecule has 0 aliphatic carbocycles. The van der Waals surface area contributed by atoms with Gasteiger partial charge in [0.05, 0.1) is 16.8 Å². The third kappa shape index (κ3) is 3.35. The zero-order chi connectivity index (χ0) is 19.8. The van der Waals surface area contributed by atoms with E-state index in [0.717, 1.165) is 16.2 Å². The molecule has 0 radical (unpaired) electrons. The van der Waals surface area contributed by atoms with Crippen LogP contribution >= 0.6 is 34.5 Å². The van der Waals surface area contributed by atoms with Crippen LogP contribution in [0.4, 0.5) is 0 Å². The van der Waals surface area contributed by atoms with E-state index in [1.54, 1.807) is 30.5 Å². The summed E-state index contributed by atoms with van der Waals surface area (Å²) in [5.41, 5.74) is 7.90. The maximum atomic E-state index is 12.0. The summed E-state index contributed by atoms with van der Waals surface area (Å²) >= 11 is 13.8. The molecular weight excluding hydrogens is 417 g/mol. The van der Waals surface area contributed by atoms with E-state index in [9.17, 15) is 4.79 Å². The second-order valence-corrected chi connectivity index (χ2v) is 8.00. The number of hydrogen-bond acceptors (Lipinski definition) is 4. The van der Waals surface area contributed by atoms with E-state index >= 15 is 0 Å². The molecule has 1 aromatic carbocycles. The highest BCUT2D eigenvalue weighted by Crippen LogP contribution is 2.40. The lowest BCUT2D eigenvalue weighted by Crippen LogP contribution is -2.12. The van der Waals surface area contributed by atoms with Crippen molar-refractivity contribution in [1.29, 1.82) is 0 Å². The number of benzene rings is 1. The number of imidazole rings is 1. The number of aromatic nitrogens is 2. The van der Waals surface area contributed by atoms with Gasteiger partial charge >= 0.3 is 0 Å². The molecule has 0 fully saturated rings. The van der Waals surface area contributed by atoms with Crippen LogP contribution in [0, 0.1) is 0 Å². The second kappa shape index (κ2) is 7.47. The second-order valence-electron chi connectivity index (χ2n) is 6.14. The minimum atomic E-state index is -0.558. The first-order chi connectivity index (χ1) is 13.5. The Hall–Kier alpha value is -2.54. The third-order valence-electron chi connectivity index (χ3n) is 4.30. The number of carbonyl (C=O) groups is 1. The van der Waals surface area contributed by atoms with E-state index < -0.39 is 12.0 Å². The summed E-state index contributed by atoms with van der Waals surface area (Å²) < 4.78 is 8.00. The van der Waals surface area contributed by atoms with Crippen LogP contribution in [-0.4, -0.2) is 15.3 Å². The number of ether oxygens (including phenoxy) is 1. The number of rotatable bonds is 5. The van der Waals surface area contributed by atoms with Gasteiger partial charge in [-0.2, -0.15) is 0 Å². The summed E-state index contributed by atoms with van der Waals surface area (Å²) in [4.78, 5) is 17.5. The van der Waals surface area contributed by atoms with Crippen molar-refractivity contribution in [2.45, 2.75) is 13.0 Å². The fourth-order valence-corrected chi connectivity index (χ4v) is 4.68. The predicted molar refractivity (Wildman–Crippen MR) is 113 cm³/mol. The molecule has 3 heterocycles. The van der Waals surface area contributed by atoms with Gasteiger partial charge in [0.1, 0.15) is 22.4 Å². The van der Waals surface area contributed by atoms with E-state index in [0.29, 0.717) is 26.2 Å². The highest BCUT2D eigenvalue weighted by atomic mass is 35.5. The normalized spacial score (nSPS) is 12.2. The van der Waals surface area contributed by atoms with Crippen molar-refractivity contribution in [1.82, 2.24) is 9.38 Å². The maximum absolute atomic E-state index is 12.0. The van der Waals surface area contributed by atoms with Crippen molar-refractivity contribution < 1.29 is 9.53 Å². The monoisotopic (exact) mass is 431 g/mol. The van der Waals surface area contributed by atoms with Gasteiger partial charge in [0.25, 0.3) is 5.91 Å².